The van der Waals surface area contributed by atoms with Gasteiger partial charge in [-0.15, -0.1) is 0 Å². The molecule has 4 rings (SSSR count). The summed E-state index contributed by atoms with van der Waals surface area (Å²) >= 11 is 0. The molecule has 0 bridgehead atoms. The molecular weight excluding hydrogens is 370 g/mol. The van der Waals surface area contributed by atoms with Gasteiger partial charge in [0.05, 0.1) is 18.1 Å². The summed E-state index contributed by atoms with van der Waals surface area (Å²) in [5.41, 5.74) is 3.73. The largest absolute Gasteiger partial charge is 0.439 e. The quantitative estimate of drug-likeness (QED) is 0.592. The Morgan fingerprint density at radius 1 is 1.10 bits per heavy atom. The Kier molecular flexibility index (Phi) is 5.24. The van der Waals surface area contributed by atoms with Gasteiger partial charge in [-0.1, -0.05) is 17.7 Å². The van der Waals surface area contributed by atoms with E-state index in [9.17, 15) is 9.59 Å². The number of amides is 2. The maximum absolute atomic E-state index is 12.2. The van der Waals surface area contributed by atoms with Crippen molar-refractivity contribution in [2.45, 2.75) is 32.2 Å². The van der Waals surface area contributed by atoms with Crippen LogP contribution >= 0.6 is 0 Å². The summed E-state index contributed by atoms with van der Waals surface area (Å²) < 4.78 is 5.65. The van der Waals surface area contributed by atoms with Crippen molar-refractivity contribution in [1.82, 2.24) is 20.5 Å². The minimum atomic E-state index is -0.727. The number of hydrogen-bond donors (Lipinski definition) is 3. The molecule has 0 aliphatic heterocycles. The molecule has 8 heteroatoms. The van der Waals surface area contributed by atoms with Crippen LogP contribution in [-0.4, -0.2) is 33.0 Å². The van der Waals surface area contributed by atoms with E-state index >= 15 is 0 Å². The summed E-state index contributed by atoms with van der Waals surface area (Å²) in [4.78, 5) is 28.6. The van der Waals surface area contributed by atoms with Crippen molar-refractivity contribution in [2.75, 3.05) is 5.32 Å². The van der Waals surface area contributed by atoms with Gasteiger partial charge in [-0.2, -0.15) is 5.10 Å². The van der Waals surface area contributed by atoms with Gasteiger partial charge in [-0.25, -0.2) is 4.98 Å². The molecule has 2 amide bonds. The number of ether oxygens (including phenoxy) is 1. The Labute approximate surface area is 167 Å². The lowest BCUT2D eigenvalue weighted by Crippen LogP contribution is -2.44. The van der Waals surface area contributed by atoms with E-state index in [1.165, 1.54) is 11.8 Å². The fourth-order valence-electron chi connectivity index (χ4n) is 3.21. The summed E-state index contributed by atoms with van der Waals surface area (Å²) in [5.74, 6) is -0.326. The number of benzene rings is 1. The minimum Gasteiger partial charge on any atom is -0.439 e. The van der Waals surface area contributed by atoms with Crippen LogP contribution < -0.4 is 15.4 Å². The van der Waals surface area contributed by atoms with Crippen LogP contribution in [-0.2, 0) is 22.4 Å². The van der Waals surface area contributed by atoms with E-state index < -0.39 is 11.8 Å². The number of carbonyl (C=O) groups excluding carboxylic acids is 2. The topological polar surface area (TPSA) is 109 Å². The Balaban J connectivity index is 1.30. The number of aromatic nitrogens is 3. The zero-order valence-electron chi connectivity index (χ0n) is 15.9. The zero-order chi connectivity index (χ0) is 20.2. The average molecular weight is 391 g/mol. The first kappa shape index (κ1) is 18.7. The molecule has 0 saturated heterocycles. The number of rotatable bonds is 4. The third-order valence-electron chi connectivity index (χ3n) is 4.80. The Hall–Kier alpha value is -3.68. The van der Waals surface area contributed by atoms with E-state index in [4.69, 9.17) is 4.74 Å². The number of hydrogen-bond acceptors (Lipinski definition) is 5. The van der Waals surface area contributed by atoms with Gasteiger partial charge in [-0.05, 0) is 43.5 Å². The van der Waals surface area contributed by atoms with Crippen LogP contribution in [0.2, 0.25) is 0 Å². The molecular formula is C21H21N5O3. The number of aromatic amines is 1. The number of carbonyl (C=O) groups is 2. The van der Waals surface area contributed by atoms with E-state index in [-0.39, 0.29) is 6.04 Å². The molecule has 1 aromatic carbocycles. The lowest BCUT2D eigenvalue weighted by Gasteiger charge is -2.22. The first-order chi connectivity index (χ1) is 14.1. The highest BCUT2D eigenvalue weighted by Crippen LogP contribution is 2.21. The lowest BCUT2D eigenvalue weighted by atomic mass is 9.94. The fourth-order valence-corrected chi connectivity index (χ4v) is 3.21. The van der Waals surface area contributed by atoms with Crippen LogP contribution in [0, 0.1) is 6.92 Å². The van der Waals surface area contributed by atoms with Crippen LogP contribution in [0.3, 0.4) is 0 Å². The second-order valence-electron chi connectivity index (χ2n) is 7.04. The molecule has 3 N–H and O–H groups in total. The number of fused-ring (bicyclic) bond motifs is 1. The maximum atomic E-state index is 12.2. The summed E-state index contributed by atoms with van der Waals surface area (Å²) in [6.45, 7) is 2.00. The number of H-pyrrole nitrogens is 1. The smallest absolute Gasteiger partial charge is 0.313 e. The predicted molar refractivity (Wildman–Crippen MR) is 107 cm³/mol. The molecule has 8 nitrogen and oxygen atoms in total. The lowest BCUT2D eigenvalue weighted by molar-refractivity contribution is -0.136. The highest BCUT2D eigenvalue weighted by Gasteiger charge is 2.24. The number of pyridine rings is 1. The van der Waals surface area contributed by atoms with E-state index in [1.807, 2.05) is 31.2 Å². The van der Waals surface area contributed by atoms with Gasteiger partial charge in [-0.3, -0.25) is 14.7 Å². The van der Waals surface area contributed by atoms with E-state index in [1.54, 1.807) is 18.3 Å². The molecule has 148 valence electrons. The van der Waals surface area contributed by atoms with E-state index in [0.29, 0.717) is 23.7 Å². The van der Waals surface area contributed by atoms with Crippen molar-refractivity contribution < 1.29 is 14.3 Å². The summed E-state index contributed by atoms with van der Waals surface area (Å²) in [5, 5.41) is 12.3. The van der Waals surface area contributed by atoms with Crippen LogP contribution in [0.25, 0.3) is 0 Å². The van der Waals surface area contributed by atoms with Crippen LogP contribution in [0.5, 0.6) is 11.6 Å². The molecule has 0 saturated carbocycles. The molecule has 1 aliphatic carbocycles. The highest BCUT2D eigenvalue weighted by molar-refractivity contribution is 6.39. The Bertz CT molecular complexity index is 1010. The number of anilines is 1. The number of nitrogens with zero attached hydrogens (tertiary/aromatic N) is 2. The molecule has 0 fully saturated rings. The van der Waals surface area contributed by atoms with Crippen molar-refractivity contribution in [3.8, 4) is 11.6 Å². The molecule has 2 heterocycles. The van der Waals surface area contributed by atoms with Crippen molar-refractivity contribution in [3.63, 3.8) is 0 Å². The van der Waals surface area contributed by atoms with Gasteiger partial charge in [0.1, 0.15) is 5.75 Å². The Morgan fingerprint density at radius 3 is 2.69 bits per heavy atom. The third-order valence-corrected chi connectivity index (χ3v) is 4.80. The maximum Gasteiger partial charge on any atom is 0.313 e. The van der Waals surface area contributed by atoms with Gasteiger partial charge in [0.2, 0.25) is 5.88 Å². The predicted octanol–water partition coefficient (Wildman–Crippen LogP) is 2.52. The average Bonchev–Trinajstić information content (AvgIpc) is 3.19. The standard InChI is InChI=1S/C21H21N5O3/c1-13-2-7-17(8-3-13)29-19-9-6-16(12-22-19)25-21(28)20(27)24-15-5-4-14-11-23-26-18(14)10-15/h2-3,6-9,11-12,15H,4-5,10H2,1H3,(H,23,26)(H,24,27)(H,25,28)/t15-/m0/s1. The van der Waals surface area contributed by atoms with Crippen LogP contribution in [0.15, 0.2) is 48.8 Å². The van der Waals surface area contributed by atoms with Crippen LogP contribution in [0.4, 0.5) is 5.69 Å². The fraction of sp³-hybridized carbons (Fsp3) is 0.238. The first-order valence-corrected chi connectivity index (χ1v) is 9.40. The molecule has 3 aromatic rings. The minimum absolute atomic E-state index is 0.0930. The van der Waals surface area contributed by atoms with Gasteiger partial charge in [0.25, 0.3) is 0 Å². The summed E-state index contributed by atoms with van der Waals surface area (Å²) in [7, 11) is 0. The molecule has 0 unspecified atom stereocenters. The van der Waals surface area contributed by atoms with Gasteiger partial charge in [0, 0.05) is 24.2 Å². The summed E-state index contributed by atoms with van der Waals surface area (Å²) in [6.07, 6.45) is 5.50. The van der Waals surface area contributed by atoms with Gasteiger partial charge >= 0.3 is 11.8 Å². The highest BCUT2D eigenvalue weighted by atomic mass is 16.5. The van der Waals surface area contributed by atoms with Crippen molar-refractivity contribution in [2.24, 2.45) is 0 Å². The zero-order valence-corrected chi connectivity index (χ0v) is 15.9. The van der Waals surface area contributed by atoms with Gasteiger partial charge in [0.15, 0.2) is 0 Å². The molecule has 1 aliphatic rings. The summed E-state index contributed by atoms with van der Waals surface area (Å²) in [6, 6.07) is 10.8. The molecule has 0 spiro atoms. The first-order valence-electron chi connectivity index (χ1n) is 9.40. The van der Waals surface area contributed by atoms with Crippen molar-refractivity contribution >= 4 is 17.5 Å². The second kappa shape index (κ2) is 8.14. The molecule has 2 aromatic heterocycles. The molecule has 0 radical (unpaired) electrons. The van der Waals surface area contributed by atoms with Crippen molar-refractivity contribution in [1.29, 1.82) is 0 Å². The van der Waals surface area contributed by atoms with E-state index in [2.05, 4.69) is 25.8 Å². The SMILES string of the molecule is Cc1ccc(Oc2ccc(NC(=O)C(=O)N[C@H]3CCc4cn[nH]c4C3)cn2)cc1. The van der Waals surface area contributed by atoms with Crippen LogP contribution in [0.1, 0.15) is 23.2 Å². The Morgan fingerprint density at radius 2 is 1.93 bits per heavy atom. The second-order valence-corrected chi connectivity index (χ2v) is 7.04. The van der Waals surface area contributed by atoms with E-state index in [0.717, 1.165) is 24.1 Å². The normalized spacial score (nSPS) is 15.3. The molecule has 1 atom stereocenters. The van der Waals surface area contributed by atoms with Gasteiger partial charge < -0.3 is 15.4 Å². The van der Waals surface area contributed by atoms with Crippen molar-refractivity contribution in [3.05, 3.63) is 65.6 Å². The third kappa shape index (κ3) is 4.60. The number of aryl methyl sites for hydroxylation is 2. The monoisotopic (exact) mass is 391 g/mol. The number of nitrogens with one attached hydrogen (secondary N) is 3. The molecule has 29 heavy (non-hydrogen) atoms.